The molecular weight excluding hydrogens is 375 g/mol. The van der Waals surface area contributed by atoms with E-state index in [0.717, 1.165) is 0 Å². The van der Waals surface area contributed by atoms with E-state index in [4.69, 9.17) is 9.47 Å². The molecule has 8 heteroatoms. The minimum absolute atomic E-state index is 0.0288. The van der Waals surface area contributed by atoms with Gasteiger partial charge < -0.3 is 14.8 Å². The summed E-state index contributed by atoms with van der Waals surface area (Å²) < 4.78 is 24.5. The number of hydrogen-bond acceptors (Lipinski definition) is 6. The number of rotatable bonds is 5. The van der Waals surface area contributed by atoms with Gasteiger partial charge in [-0.05, 0) is 36.4 Å². The molecule has 4 rings (SSSR count). The molecule has 2 aromatic heterocycles. The summed E-state index contributed by atoms with van der Waals surface area (Å²) in [7, 11) is 1.39. The molecule has 0 spiro atoms. The Hall–Kier alpha value is -4.07. The number of nitrogens with one attached hydrogen (secondary N) is 1. The second kappa shape index (κ2) is 7.89. The molecule has 0 aliphatic carbocycles. The molecule has 2 aromatic carbocycles. The topological polar surface area (TPSA) is 86.2 Å². The maximum Gasteiger partial charge on any atom is 0.279 e. The normalized spacial score (nSPS) is 10.6. The van der Waals surface area contributed by atoms with Crippen molar-refractivity contribution in [2.24, 2.45) is 0 Å². The summed E-state index contributed by atoms with van der Waals surface area (Å²) in [6, 6.07) is 14.3. The van der Waals surface area contributed by atoms with E-state index in [1.807, 2.05) is 0 Å². The molecule has 0 radical (unpaired) electrons. The minimum Gasteiger partial charge on any atom is -0.493 e. The lowest BCUT2D eigenvalue weighted by Gasteiger charge is -2.13. The number of fused-ring (bicyclic) bond motifs is 1. The first kappa shape index (κ1) is 18.3. The fourth-order valence-corrected chi connectivity index (χ4v) is 2.66. The number of carbonyl (C=O) groups is 1. The van der Waals surface area contributed by atoms with E-state index in [0.29, 0.717) is 16.7 Å². The van der Waals surface area contributed by atoms with Crippen LogP contribution in [0.1, 0.15) is 10.5 Å². The molecule has 0 fully saturated rings. The summed E-state index contributed by atoms with van der Waals surface area (Å²) >= 11 is 0. The van der Waals surface area contributed by atoms with Gasteiger partial charge in [-0.2, -0.15) is 0 Å². The molecule has 144 valence electrons. The molecular formula is C21H15FN4O3. The number of anilines is 1. The average Bonchev–Trinajstić information content (AvgIpc) is 2.75. The highest BCUT2D eigenvalue weighted by atomic mass is 19.1. The number of halogens is 1. The van der Waals surface area contributed by atoms with E-state index < -0.39 is 11.7 Å². The Kier molecular flexibility index (Phi) is 4.98. The molecule has 0 saturated carbocycles. The molecule has 4 aromatic rings. The number of amides is 1. The SMILES string of the molecule is COc1cc(F)ccc1Oc1nc2ccccc2nc1C(=O)Nc1cccnc1. The smallest absolute Gasteiger partial charge is 0.279 e. The van der Waals surface area contributed by atoms with E-state index in [1.54, 1.807) is 42.6 Å². The zero-order valence-corrected chi connectivity index (χ0v) is 15.3. The van der Waals surface area contributed by atoms with Gasteiger partial charge in [0.25, 0.3) is 11.8 Å². The first-order valence-corrected chi connectivity index (χ1v) is 8.63. The van der Waals surface area contributed by atoms with Gasteiger partial charge in [-0.1, -0.05) is 12.1 Å². The van der Waals surface area contributed by atoms with Crippen LogP contribution in [0.4, 0.5) is 10.1 Å². The molecule has 1 amide bonds. The first-order valence-electron chi connectivity index (χ1n) is 8.63. The summed E-state index contributed by atoms with van der Waals surface area (Å²) in [5.74, 6) is -0.664. The Labute approximate surface area is 165 Å². The van der Waals surface area contributed by atoms with E-state index in [-0.39, 0.29) is 23.1 Å². The van der Waals surface area contributed by atoms with Crippen molar-refractivity contribution in [3.05, 3.63) is 78.5 Å². The van der Waals surface area contributed by atoms with Crippen LogP contribution in [-0.2, 0) is 0 Å². The molecule has 1 N–H and O–H groups in total. The van der Waals surface area contributed by atoms with E-state index in [2.05, 4.69) is 20.3 Å². The van der Waals surface area contributed by atoms with Crippen molar-refractivity contribution in [1.82, 2.24) is 15.0 Å². The van der Waals surface area contributed by atoms with Gasteiger partial charge in [-0.15, -0.1) is 0 Å². The third-order valence-corrected chi connectivity index (χ3v) is 4.01. The van der Waals surface area contributed by atoms with Crippen LogP contribution in [0.25, 0.3) is 11.0 Å². The van der Waals surface area contributed by atoms with Gasteiger partial charge in [0.15, 0.2) is 17.2 Å². The number of pyridine rings is 1. The molecule has 7 nitrogen and oxygen atoms in total. The number of carbonyl (C=O) groups excluding carboxylic acids is 1. The lowest BCUT2D eigenvalue weighted by atomic mass is 10.2. The predicted molar refractivity (Wildman–Crippen MR) is 105 cm³/mol. The zero-order valence-electron chi connectivity index (χ0n) is 15.3. The largest absolute Gasteiger partial charge is 0.493 e. The van der Waals surface area contributed by atoms with Gasteiger partial charge in [0, 0.05) is 12.3 Å². The number of aromatic nitrogens is 3. The fraction of sp³-hybridized carbons (Fsp3) is 0.0476. The van der Waals surface area contributed by atoms with Crippen LogP contribution in [-0.4, -0.2) is 28.0 Å². The van der Waals surface area contributed by atoms with Gasteiger partial charge in [0.1, 0.15) is 5.82 Å². The van der Waals surface area contributed by atoms with Gasteiger partial charge in [-0.3, -0.25) is 9.78 Å². The lowest BCUT2D eigenvalue weighted by Crippen LogP contribution is -2.16. The first-order chi connectivity index (χ1) is 14.1. The van der Waals surface area contributed by atoms with Crippen molar-refractivity contribution in [3.63, 3.8) is 0 Å². The highest BCUT2D eigenvalue weighted by Crippen LogP contribution is 2.33. The molecule has 0 aliphatic rings. The highest BCUT2D eigenvalue weighted by molar-refractivity contribution is 6.05. The third-order valence-electron chi connectivity index (χ3n) is 4.01. The van der Waals surface area contributed by atoms with Crippen LogP contribution in [0.15, 0.2) is 67.0 Å². The minimum atomic E-state index is -0.521. The maximum atomic E-state index is 13.5. The number of hydrogen-bond donors (Lipinski definition) is 1. The molecule has 0 bridgehead atoms. The lowest BCUT2D eigenvalue weighted by molar-refractivity contribution is 0.101. The molecule has 0 unspecified atom stereocenters. The Balaban J connectivity index is 1.77. The van der Waals surface area contributed by atoms with Crippen molar-refractivity contribution >= 4 is 22.6 Å². The molecule has 0 atom stereocenters. The standard InChI is InChI=1S/C21H15FN4O3/c1-28-18-11-13(22)8-9-17(18)29-21-19(20(27)24-14-5-4-10-23-12-14)25-15-6-2-3-7-16(15)26-21/h2-12H,1H3,(H,24,27). The van der Waals surface area contributed by atoms with Gasteiger partial charge >= 0.3 is 0 Å². The number of nitrogens with zero attached hydrogens (tertiary/aromatic N) is 3. The Morgan fingerprint density at radius 1 is 1.00 bits per heavy atom. The van der Waals surface area contributed by atoms with Crippen LogP contribution in [0.3, 0.4) is 0 Å². The fourth-order valence-electron chi connectivity index (χ4n) is 2.66. The third kappa shape index (κ3) is 3.96. The van der Waals surface area contributed by atoms with Crippen molar-refractivity contribution in [2.75, 3.05) is 12.4 Å². The highest BCUT2D eigenvalue weighted by Gasteiger charge is 2.20. The predicted octanol–water partition coefficient (Wildman–Crippen LogP) is 4.22. The van der Waals surface area contributed by atoms with Crippen LogP contribution < -0.4 is 14.8 Å². The maximum absolute atomic E-state index is 13.5. The monoisotopic (exact) mass is 390 g/mol. The van der Waals surface area contributed by atoms with Crippen LogP contribution >= 0.6 is 0 Å². The van der Waals surface area contributed by atoms with E-state index in [9.17, 15) is 9.18 Å². The zero-order chi connectivity index (χ0) is 20.2. The number of para-hydroxylation sites is 2. The molecule has 0 aliphatic heterocycles. The Morgan fingerprint density at radius 3 is 2.52 bits per heavy atom. The summed E-state index contributed by atoms with van der Waals surface area (Å²) in [6.07, 6.45) is 3.11. The van der Waals surface area contributed by atoms with Crippen LogP contribution in [0.2, 0.25) is 0 Å². The molecule has 2 heterocycles. The summed E-state index contributed by atoms with van der Waals surface area (Å²) in [5.41, 5.74) is 1.54. The summed E-state index contributed by atoms with van der Waals surface area (Å²) in [5, 5.41) is 2.71. The van der Waals surface area contributed by atoms with E-state index in [1.165, 1.54) is 31.5 Å². The quantitative estimate of drug-likeness (QED) is 0.549. The van der Waals surface area contributed by atoms with E-state index >= 15 is 0 Å². The molecule has 0 saturated heterocycles. The number of ether oxygens (including phenoxy) is 2. The average molecular weight is 390 g/mol. The molecule has 29 heavy (non-hydrogen) atoms. The number of benzene rings is 2. The van der Waals surface area contributed by atoms with Crippen molar-refractivity contribution in [2.45, 2.75) is 0 Å². The van der Waals surface area contributed by atoms with Crippen LogP contribution in [0.5, 0.6) is 17.4 Å². The van der Waals surface area contributed by atoms with Crippen molar-refractivity contribution in [3.8, 4) is 17.4 Å². The van der Waals surface area contributed by atoms with Gasteiger partial charge in [0.2, 0.25) is 0 Å². The Bertz CT molecular complexity index is 1190. The second-order valence-corrected chi connectivity index (χ2v) is 5.96. The Morgan fingerprint density at radius 2 is 1.79 bits per heavy atom. The summed E-state index contributed by atoms with van der Waals surface area (Å²) in [6.45, 7) is 0. The van der Waals surface area contributed by atoms with Crippen molar-refractivity contribution < 1.29 is 18.7 Å². The number of methoxy groups -OCH3 is 1. The van der Waals surface area contributed by atoms with Gasteiger partial charge in [0.05, 0.1) is 30.0 Å². The van der Waals surface area contributed by atoms with Crippen LogP contribution in [0, 0.1) is 5.82 Å². The van der Waals surface area contributed by atoms with Gasteiger partial charge in [-0.25, -0.2) is 14.4 Å². The second-order valence-electron chi connectivity index (χ2n) is 5.96. The summed E-state index contributed by atoms with van der Waals surface area (Å²) in [4.78, 5) is 25.7. The van der Waals surface area contributed by atoms with Crippen molar-refractivity contribution in [1.29, 1.82) is 0 Å².